The number of primary amides is 1. The van der Waals surface area contributed by atoms with Crippen molar-refractivity contribution in [1.29, 1.82) is 0 Å². The smallest absolute Gasteiger partial charge is 0.366 e. The minimum Gasteiger partial charge on any atom is -0.366 e. The van der Waals surface area contributed by atoms with E-state index in [-0.39, 0.29) is 28.9 Å². The number of anilines is 1. The second kappa shape index (κ2) is 9.34. The first-order valence-corrected chi connectivity index (χ1v) is 11.5. The van der Waals surface area contributed by atoms with E-state index in [4.69, 9.17) is 5.73 Å². The molecule has 0 bridgehead atoms. The van der Waals surface area contributed by atoms with Gasteiger partial charge < -0.3 is 11.1 Å². The van der Waals surface area contributed by atoms with Crippen LogP contribution in [0.15, 0.2) is 54.6 Å². The van der Waals surface area contributed by atoms with Gasteiger partial charge in [-0.05, 0) is 35.6 Å². The van der Waals surface area contributed by atoms with Crippen molar-refractivity contribution in [2.45, 2.75) is 45.8 Å². The van der Waals surface area contributed by atoms with Crippen molar-refractivity contribution in [3.05, 3.63) is 88.4 Å². The number of halogens is 3. The first-order chi connectivity index (χ1) is 17.3. The van der Waals surface area contributed by atoms with Gasteiger partial charge in [0.1, 0.15) is 5.69 Å². The highest BCUT2D eigenvalue weighted by Gasteiger charge is 2.39. The van der Waals surface area contributed by atoms with Crippen molar-refractivity contribution < 1.29 is 22.8 Å². The van der Waals surface area contributed by atoms with Crippen molar-refractivity contribution in [3.8, 4) is 0 Å². The number of benzene rings is 2. The Balaban J connectivity index is 1.70. The molecule has 10 heteroatoms. The first-order valence-electron chi connectivity index (χ1n) is 11.5. The summed E-state index contributed by atoms with van der Waals surface area (Å²) in [7, 11) is 0. The van der Waals surface area contributed by atoms with Crippen LogP contribution in [0.3, 0.4) is 0 Å². The van der Waals surface area contributed by atoms with E-state index in [0.717, 1.165) is 11.1 Å². The van der Waals surface area contributed by atoms with Gasteiger partial charge in [-0.1, -0.05) is 63.2 Å². The minimum absolute atomic E-state index is 0.0397. The molecular weight excluding hydrogens is 483 g/mol. The van der Waals surface area contributed by atoms with E-state index < -0.39 is 29.4 Å². The summed E-state index contributed by atoms with van der Waals surface area (Å²) in [4.78, 5) is 29.2. The van der Waals surface area contributed by atoms with Gasteiger partial charge in [0.05, 0.1) is 29.0 Å². The molecule has 2 aromatic carbocycles. The third-order valence-corrected chi connectivity index (χ3v) is 6.08. The zero-order valence-electron chi connectivity index (χ0n) is 20.8. The topological polar surface area (TPSA) is 103 Å². The number of nitrogens with one attached hydrogen (secondary N) is 1. The Morgan fingerprint density at radius 2 is 1.68 bits per heavy atom. The van der Waals surface area contributed by atoms with Crippen molar-refractivity contribution >= 4 is 28.4 Å². The number of nitrogens with zero attached hydrogens (tertiary/aromatic N) is 3. The van der Waals surface area contributed by atoms with E-state index >= 15 is 0 Å². The SMILES string of the molecule is Cc1c(NC(=O)c2cc(C(N)=O)c3ccccc3n2)c(C(F)(F)F)nn1Cc1ccc(C(C)(C)C)cc1. The molecule has 7 nitrogen and oxygen atoms in total. The predicted molar refractivity (Wildman–Crippen MR) is 134 cm³/mol. The van der Waals surface area contributed by atoms with Gasteiger partial charge in [0.2, 0.25) is 5.91 Å². The molecule has 37 heavy (non-hydrogen) atoms. The summed E-state index contributed by atoms with van der Waals surface area (Å²) in [5, 5.41) is 6.52. The summed E-state index contributed by atoms with van der Waals surface area (Å²) in [6.07, 6.45) is -4.82. The van der Waals surface area contributed by atoms with Crippen LogP contribution in [0.25, 0.3) is 10.9 Å². The van der Waals surface area contributed by atoms with E-state index in [1.807, 2.05) is 24.3 Å². The molecule has 0 radical (unpaired) electrons. The zero-order chi connectivity index (χ0) is 27.1. The molecule has 0 aliphatic rings. The van der Waals surface area contributed by atoms with Crippen LogP contribution in [0.1, 0.15) is 64.1 Å². The van der Waals surface area contributed by atoms with Crippen LogP contribution >= 0.6 is 0 Å². The van der Waals surface area contributed by atoms with Crippen LogP contribution < -0.4 is 11.1 Å². The van der Waals surface area contributed by atoms with Gasteiger partial charge in [-0.2, -0.15) is 18.3 Å². The molecule has 0 aliphatic carbocycles. The van der Waals surface area contributed by atoms with Crippen molar-refractivity contribution in [2.75, 3.05) is 5.32 Å². The lowest BCUT2D eigenvalue weighted by molar-refractivity contribution is -0.140. The lowest BCUT2D eigenvalue weighted by Crippen LogP contribution is -2.19. The summed E-state index contributed by atoms with van der Waals surface area (Å²) in [6.45, 7) is 7.74. The maximum absolute atomic E-state index is 13.9. The lowest BCUT2D eigenvalue weighted by atomic mass is 9.87. The summed E-state index contributed by atoms with van der Waals surface area (Å²) >= 11 is 0. The molecule has 4 rings (SSSR count). The Bertz CT molecular complexity index is 1500. The van der Waals surface area contributed by atoms with Gasteiger partial charge >= 0.3 is 6.18 Å². The highest BCUT2D eigenvalue weighted by Crippen LogP contribution is 2.36. The fraction of sp³-hybridized carbons (Fsp3) is 0.259. The van der Waals surface area contributed by atoms with Crippen molar-refractivity contribution in [3.63, 3.8) is 0 Å². The minimum atomic E-state index is -4.82. The Morgan fingerprint density at radius 1 is 1.03 bits per heavy atom. The normalized spacial score (nSPS) is 12.1. The van der Waals surface area contributed by atoms with E-state index in [9.17, 15) is 22.8 Å². The van der Waals surface area contributed by atoms with Crippen molar-refractivity contribution in [2.24, 2.45) is 5.73 Å². The summed E-state index contributed by atoms with van der Waals surface area (Å²) < 4.78 is 42.9. The molecule has 0 saturated heterocycles. The van der Waals surface area contributed by atoms with Crippen LogP contribution in [0.4, 0.5) is 18.9 Å². The largest absolute Gasteiger partial charge is 0.437 e. The highest BCUT2D eigenvalue weighted by molar-refractivity contribution is 6.10. The molecule has 0 unspecified atom stereocenters. The van der Waals surface area contributed by atoms with Crippen LogP contribution in [0.5, 0.6) is 0 Å². The zero-order valence-corrected chi connectivity index (χ0v) is 20.8. The number of para-hydroxylation sites is 1. The third-order valence-electron chi connectivity index (χ3n) is 6.08. The number of hydrogen-bond acceptors (Lipinski definition) is 4. The van der Waals surface area contributed by atoms with Gasteiger partial charge in [-0.25, -0.2) is 4.98 Å². The molecule has 2 amide bonds. The molecule has 3 N–H and O–H groups in total. The molecular formula is C27H26F3N5O2. The quantitative estimate of drug-likeness (QED) is 0.373. The Morgan fingerprint density at radius 3 is 2.27 bits per heavy atom. The van der Waals surface area contributed by atoms with Crippen molar-refractivity contribution in [1.82, 2.24) is 14.8 Å². The maximum atomic E-state index is 13.9. The number of fused-ring (bicyclic) bond motifs is 1. The van der Waals surface area contributed by atoms with E-state index in [0.29, 0.717) is 10.9 Å². The summed E-state index contributed by atoms with van der Waals surface area (Å²) in [6, 6.07) is 15.3. The lowest BCUT2D eigenvalue weighted by Gasteiger charge is -2.19. The molecule has 2 aromatic heterocycles. The predicted octanol–water partition coefficient (Wildman–Crippen LogP) is 5.46. The maximum Gasteiger partial charge on any atom is 0.437 e. The average Bonchev–Trinajstić information content (AvgIpc) is 3.13. The molecule has 192 valence electrons. The molecule has 0 fully saturated rings. The summed E-state index contributed by atoms with van der Waals surface area (Å²) in [5.41, 5.74) is 5.78. The number of aromatic nitrogens is 3. The number of alkyl halides is 3. The second-order valence-corrected chi connectivity index (χ2v) is 9.80. The number of hydrogen-bond donors (Lipinski definition) is 2. The standard InChI is InChI=1S/C27H26F3N5O2/c1-15-22(33-25(37)21-13-19(24(31)36)18-7-5-6-8-20(18)32-21)23(27(28,29)30)34-35(15)14-16-9-11-17(12-10-16)26(2,3)4/h5-13H,14H2,1-4H3,(H2,31,36)(H,33,37). The molecule has 0 saturated carbocycles. The van der Waals surface area contributed by atoms with Gasteiger partial charge in [-0.15, -0.1) is 0 Å². The number of carbonyl (C=O) groups is 2. The van der Waals surface area contributed by atoms with E-state index in [1.165, 1.54) is 17.7 Å². The van der Waals surface area contributed by atoms with Crippen LogP contribution in [-0.4, -0.2) is 26.6 Å². The molecule has 0 aliphatic heterocycles. The van der Waals surface area contributed by atoms with E-state index in [2.05, 4.69) is 36.2 Å². The van der Waals surface area contributed by atoms with Gasteiger partial charge in [-0.3, -0.25) is 14.3 Å². The first kappa shape index (κ1) is 25.9. The molecule has 0 spiro atoms. The molecule has 4 aromatic rings. The molecule has 2 heterocycles. The Labute approximate surface area is 211 Å². The van der Waals surface area contributed by atoms with Gasteiger partial charge in [0, 0.05) is 5.39 Å². The average molecular weight is 510 g/mol. The van der Waals surface area contributed by atoms with Crippen LogP contribution in [0.2, 0.25) is 0 Å². The summed E-state index contributed by atoms with van der Waals surface area (Å²) in [5.74, 6) is -1.71. The van der Waals surface area contributed by atoms with Crippen LogP contribution in [-0.2, 0) is 18.1 Å². The number of carbonyl (C=O) groups excluding carboxylic acids is 2. The second-order valence-electron chi connectivity index (χ2n) is 9.80. The highest BCUT2D eigenvalue weighted by atomic mass is 19.4. The molecule has 0 atom stereocenters. The van der Waals surface area contributed by atoms with E-state index in [1.54, 1.807) is 24.3 Å². The van der Waals surface area contributed by atoms with Gasteiger partial charge in [0.15, 0.2) is 5.69 Å². The number of amides is 2. The van der Waals surface area contributed by atoms with Crippen LogP contribution in [0, 0.1) is 6.92 Å². The Kier molecular flexibility index (Phi) is 6.53. The number of rotatable bonds is 5. The third kappa shape index (κ3) is 5.32. The fourth-order valence-corrected chi connectivity index (χ4v) is 4.00. The number of nitrogens with two attached hydrogens (primary N) is 1. The fourth-order valence-electron chi connectivity index (χ4n) is 4.00. The van der Waals surface area contributed by atoms with Gasteiger partial charge in [0.25, 0.3) is 5.91 Å². The Hall–Kier alpha value is -4.21. The number of pyridine rings is 1. The monoisotopic (exact) mass is 509 g/mol.